The first kappa shape index (κ1) is 17.5. The molecule has 0 atom stereocenters. The first-order valence-electron chi connectivity index (χ1n) is 7.82. The van der Waals surface area contributed by atoms with Crippen LogP contribution in [0.1, 0.15) is 23.6 Å². The molecule has 2 aromatic carbocycles. The van der Waals surface area contributed by atoms with E-state index in [1.165, 1.54) is 12.7 Å². The van der Waals surface area contributed by atoms with Crippen LogP contribution in [-0.4, -0.2) is 25.3 Å². The van der Waals surface area contributed by atoms with Crippen LogP contribution in [0.15, 0.2) is 53.7 Å². The van der Waals surface area contributed by atoms with E-state index in [1.807, 2.05) is 62.4 Å². The van der Waals surface area contributed by atoms with Crippen molar-refractivity contribution in [2.24, 2.45) is 5.16 Å². The number of oxime groups is 1. The zero-order valence-corrected chi connectivity index (χ0v) is 14.2. The van der Waals surface area contributed by atoms with E-state index < -0.39 is 0 Å². The minimum absolute atomic E-state index is 0.238. The van der Waals surface area contributed by atoms with Gasteiger partial charge in [-0.05, 0) is 31.5 Å². The molecule has 5 nitrogen and oxygen atoms in total. The molecule has 126 valence electrons. The topological polar surface area (TPSA) is 59.9 Å². The molecular formula is C19H22N2O3. The van der Waals surface area contributed by atoms with Crippen molar-refractivity contribution in [3.05, 3.63) is 65.2 Å². The number of benzene rings is 2. The molecule has 0 spiro atoms. The predicted octanol–water partition coefficient (Wildman–Crippen LogP) is 3.06. The first-order valence-corrected chi connectivity index (χ1v) is 7.82. The van der Waals surface area contributed by atoms with Crippen LogP contribution in [0.4, 0.5) is 0 Å². The maximum Gasteiger partial charge on any atom is 0.273 e. The average molecular weight is 326 g/mol. The summed E-state index contributed by atoms with van der Waals surface area (Å²) in [6, 6.07) is 15.3. The fraction of sp³-hybridized carbons (Fsp3) is 0.263. The molecular weight excluding hydrogens is 304 g/mol. The van der Waals surface area contributed by atoms with E-state index in [9.17, 15) is 4.79 Å². The van der Waals surface area contributed by atoms with Crippen LogP contribution in [0.3, 0.4) is 0 Å². The molecule has 0 aliphatic heterocycles. The summed E-state index contributed by atoms with van der Waals surface area (Å²) >= 11 is 0. The molecule has 0 bridgehead atoms. The minimum Gasteiger partial charge on any atom is -0.489 e. The third-order valence-corrected chi connectivity index (χ3v) is 3.42. The summed E-state index contributed by atoms with van der Waals surface area (Å²) in [5, 5.41) is 6.63. The number of ether oxygens (including phenoxy) is 1. The lowest BCUT2D eigenvalue weighted by Crippen LogP contribution is -2.32. The maximum absolute atomic E-state index is 12.2. The third kappa shape index (κ3) is 4.59. The van der Waals surface area contributed by atoms with Crippen molar-refractivity contribution in [3.8, 4) is 5.75 Å². The monoisotopic (exact) mass is 326 g/mol. The van der Waals surface area contributed by atoms with Gasteiger partial charge in [-0.3, -0.25) is 4.79 Å². The lowest BCUT2D eigenvalue weighted by Gasteiger charge is -2.12. The quantitative estimate of drug-likeness (QED) is 0.628. The minimum atomic E-state index is -0.276. The van der Waals surface area contributed by atoms with Gasteiger partial charge >= 0.3 is 0 Å². The Morgan fingerprint density at radius 2 is 1.83 bits per heavy atom. The molecule has 0 saturated carbocycles. The van der Waals surface area contributed by atoms with Crippen LogP contribution < -0.4 is 10.1 Å². The normalized spacial score (nSPS) is 11.0. The summed E-state index contributed by atoms with van der Waals surface area (Å²) in [4.78, 5) is 17.1. The SMILES string of the molecule is CCNC(=O)C(=NOC)c1ccccc1COc1ccc(C)cc1. The number of amides is 1. The standard InChI is InChI=1S/C19H22N2O3/c1-4-20-19(22)18(21-23-3)17-8-6-5-7-15(17)13-24-16-11-9-14(2)10-12-16/h5-12H,4,13H2,1-3H3,(H,20,22). The van der Waals surface area contributed by atoms with Crippen molar-refractivity contribution in [3.63, 3.8) is 0 Å². The third-order valence-electron chi connectivity index (χ3n) is 3.42. The highest BCUT2D eigenvalue weighted by Gasteiger charge is 2.18. The lowest BCUT2D eigenvalue weighted by atomic mass is 10.0. The zero-order chi connectivity index (χ0) is 17.4. The van der Waals surface area contributed by atoms with Gasteiger partial charge in [-0.25, -0.2) is 0 Å². The predicted molar refractivity (Wildman–Crippen MR) is 94.2 cm³/mol. The summed E-state index contributed by atoms with van der Waals surface area (Å²) in [6.07, 6.45) is 0. The van der Waals surface area contributed by atoms with E-state index >= 15 is 0 Å². The maximum atomic E-state index is 12.2. The fourth-order valence-electron chi connectivity index (χ4n) is 2.22. The number of carbonyl (C=O) groups excluding carboxylic acids is 1. The molecule has 0 unspecified atom stereocenters. The molecule has 24 heavy (non-hydrogen) atoms. The van der Waals surface area contributed by atoms with Crippen LogP contribution in [0.25, 0.3) is 0 Å². The lowest BCUT2D eigenvalue weighted by molar-refractivity contribution is -0.114. The van der Waals surface area contributed by atoms with Gasteiger partial charge in [0.15, 0.2) is 5.71 Å². The largest absolute Gasteiger partial charge is 0.489 e. The fourth-order valence-corrected chi connectivity index (χ4v) is 2.22. The van der Waals surface area contributed by atoms with Gasteiger partial charge in [0, 0.05) is 12.1 Å². The summed E-state index contributed by atoms with van der Waals surface area (Å²) in [5.41, 5.74) is 2.97. The molecule has 0 heterocycles. The molecule has 0 aliphatic carbocycles. The van der Waals surface area contributed by atoms with Crippen LogP contribution in [0, 0.1) is 6.92 Å². The highest BCUT2D eigenvalue weighted by Crippen LogP contribution is 2.17. The second-order valence-corrected chi connectivity index (χ2v) is 5.24. The van der Waals surface area contributed by atoms with Crippen LogP contribution in [-0.2, 0) is 16.2 Å². The number of carbonyl (C=O) groups is 1. The Hall–Kier alpha value is -2.82. The van der Waals surface area contributed by atoms with Crippen molar-refractivity contribution < 1.29 is 14.4 Å². The Balaban J connectivity index is 2.23. The highest BCUT2D eigenvalue weighted by molar-refractivity contribution is 6.45. The number of nitrogens with zero attached hydrogens (tertiary/aromatic N) is 1. The van der Waals surface area contributed by atoms with E-state index in [0.717, 1.165) is 11.3 Å². The van der Waals surface area contributed by atoms with Crippen molar-refractivity contribution >= 4 is 11.6 Å². The number of hydrogen-bond acceptors (Lipinski definition) is 4. The van der Waals surface area contributed by atoms with Crippen LogP contribution >= 0.6 is 0 Å². The number of hydrogen-bond donors (Lipinski definition) is 1. The molecule has 1 N–H and O–H groups in total. The van der Waals surface area contributed by atoms with Crippen molar-refractivity contribution in [1.29, 1.82) is 0 Å². The Bertz CT molecular complexity index is 709. The van der Waals surface area contributed by atoms with Gasteiger partial charge in [0.1, 0.15) is 19.5 Å². The molecule has 0 saturated heterocycles. The Morgan fingerprint density at radius 3 is 2.50 bits per heavy atom. The van der Waals surface area contributed by atoms with Crippen LogP contribution in [0.5, 0.6) is 5.75 Å². The number of likely N-dealkylation sites (N-methyl/N-ethyl adjacent to an activating group) is 1. The Kier molecular flexibility index (Phi) is 6.37. The van der Waals surface area contributed by atoms with Gasteiger partial charge in [0.05, 0.1) is 0 Å². The number of rotatable bonds is 7. The first-order chi connectivity index (χ1) is 11.7. The number of nitrogens with one attached hydrogen (secondary N) is 1. The summed E-state index contributed by atoms with van der Waals surface area (Å²) in [5.74, 6) is 0.501. The molecule has 2 aromatic rings. The summed E-state index contributed by atoms with van der Waals surface area (Å²) < 4.78 is 5.83. The van der Waals surface area contributed by atoms with Crippen molar-refractivity contribution in [2.45, 2.75) is 20.5 Å². The van der Waals surface area contributed by atoms with Gasteiger partial charge in [-0.2, -0.15) is 0 Å². The molecule has 0 aliphatic rings. The molecule has 2 rings (SSSR count). The van der Waals surface area contributed by atoms with E-state index in [1.54, 1.807) is 0 Å². The molecule has 5 heteroatoms. The Morgan fingerprint density at radius 1 is 1.12 bits per heavy atom. The van der Waals surface area contributed by atoms with Gasteiger partial charge in [-0.1, -0.05) is 47.1 Å². The van der Waals surface area contributed by atoms with E-state index in [4.69, 9.17) is 9.57 Å². The second kappa shape index (κ2) is 8.72. The van der Waals surface area contributed by atoms with Crippen molar-refractivity contribution in [1.82, 2.24) is 5.32 Å². The van der Waals surface area contributed by atoms with E-state index in [0.29, 0.717) is 18.7 Å². The highest BCUT2D eigenvalue weighted by atomic mass is 16.6. The summed E-state index contributed by atoms with van der Waals surface area (Å²) in [6.45, 7) is 4.73. The van der Waals surface area contributed by atoms with Crippen LogP contribution in [0.2, 0.25) is 0 Å². The molecule has 1 amide bonds. The van der Waals surface area contributed by atoms with Gasteiger partial charge in [0.25, 0.3) is 5.91 Å². The Labute approximate surface area is 142 Å². The molecule has 0 aromatic heterocycles. The second-order valence-electron chi connectivity index (χ2n) is 5.24. The van der Waals surface area contributed by atoms with E-state index in [2.05, 4.69) is 10.5 Å². The van der Waals surface area contributed by atoms with Gasteiger partial charge in [-0.15, -0.1) is 0 Å². The smallest absolute Gasteiger partial charge is 0.273 e. The zero-order valence-electron chi connectivity index (χ0n) is 14.2. The van der Waals surface area contributed by atoms with Gasteiger partial charge < -0.3 is 14.9 Å². The van der Waals surface area contributed by atoms with Gasteiger partial charge in [0.2, 0.25) is 0 Å². The molecule has 0 radical (unpaired) electrons. The summed E-state index contributed by atoms with van der Waals surface area (Å²) in [7, 11) is 1.42. The molecule has 0 fully saturated rings. The average Bonchev–Trinajstić information content (AvgIpc) is 2.60. The van der Waals surface area contributed by atoms with Crippen molar-refractivity contribution in [2.75, 3.05) is 13.7 Å². The number of aryl methyl sites for hydroxylation is 1. The van der Waals surface area contributed by atoms with E-state index in [-0.39, 0.29) is 11.6 Å².